The Morgan fingerprint density at radius 2 is 1.95 bits per heavy atom. The predicted octanol–water partition coefficient (Wildman–Crippen LogP) is 5.02. The van der Waals surface area contributed by atoms with Gasteiger partial charge in [0, 0.05) is 14.9 Å². The molecular formula is C16H18BrNO2S. The molecule has 1 aromatic heterocycles. The molecule has 0 saturated heterocycles. The van der Waals surface area contributed by atoms with Gasteiger partial charge in [0.2, 0.25) is 0 Å². The maximum Gasteiger partial charge on any atom is 0.350 e. The van der Waals surface area contributed by atoms with Crippen LogP contribution >= 0.6 is 27.3 Å². The summed E-state index contributed by atoms with van der Waals surface area (Å²) in [5.41, 5.74) is 8.09. The summed E-state index contributed by atoms with van der Waals surface area (Å²) in [4.78, 5) is 13.6. The zero-order valence-corrected chi connectivity index (χ0v) is 14.9. The van der Waals surface area contributed by atoms with Crippen LogP contribution in [0.15, 0.2) is 28.7 Å². The largest absolute Gasteiger partial charge is 0.456 e. The molecule has 0 aliphatic carbocycles. The van der Waals surface area contributed by atoms with Gasteiger partial charge in [0.1, 0.15) is 10.5 Å². The molecule has 5 heteroatoms. The van der Waals surface area contributed by atoms with Crippen molar-refractivity contribution in [3.63, 3.8) is 0 Å². The quantitative estimate of drug-likeness (QED) is 0.757. The van der Waals surface area contributed by atoms with Gasteiger partial charge >= 0.3 is 5.97 Å². The number of halogens is 1. The van der Waals surface area contributed by atoms with Gasteiger partial charge in [0.15, 0.2) is 0 Å². The molecule has 0 saturated carbocycles. The van der Waals surface area contributed by atoms with Crippen molar-refractivity contribution >= 4 is 38.9 Å². The van der Waals surface area contributed by atoms with Crippen LogP contribution in [0.4, 0.5) is 5.69 Å². The molecule has 0 atom stereocenters. The molecule has 0 radical (unpaired) electrons. The molecule has 0 aliphatic heterocycles. The van der Waals surface area contributed by atoms with E-state index in [0.29, 0.717) is 10.6 Å². The molecule has 2 N–H and O–H groups in total. The van der Waals surface area contributed by atoms with Crippen LogP contribution < -0.4 is 5.73 Å². The third-order valence-electron chi connectivity index (χ3n) is 2.73. The van der Waals surface area contributed by atoms with E-state index in [9.17, 15) is 4.79 Å². The number of ether oxygens (including phenoxy) is 1. The highest BCUT2D eigenvalue weighted by molar-refractivity contribution is 9.10. The van der Waals surface area contributed by atoms with Crippen molar-refractivity contribution in [3.8, 4) is 10.4 Å². The number of nitrogen functional groups attached to an aromatic ring is 1. The smallest absolute Gasteiger partial charge is 0.350 e. The van der Waals surface area contributed by atoms with Gasteiger partial charge in [0.05, 0.1) is 5.69 Å². The number of aryl methyl sites for hydroxylation is 1. The molecule has 1 heterocycles. The number of hydrogen-bond donors (Lipinski definition) is 1. The summed E-state index contributed by atoms with van der Waals surface area (Å²) >= 11 is 4.89. The highest BCUT2D eigenvalue weighted by Gasteiger charge is 2.22. The standard InChI is InChI=1S/C16H18BrNO2S/c1-9-5-6-11(17)10(7-9)13-8-12(18)14(21-13)15(19)20-16(2,3)4/h5-8H,18H2,1-4H3. The number of rotatable bonds is 2. The molecule has 0 amide bonds. The molecule has 1 aromatic carbocycles. The van der Waals surface area contributed by atoms with Gasteiger partial charge in [-0.15, -0.1) is 11.3 Å². The summed E-state index contributed by atoms with van der Waals surface area (Å²) in [5.74, 6) is -0.375. The van der Waals surface area contributed by atoms with Crippen molar-refractivity contribution in [2.45, 2.75) is 33.3 Å². The second kappa shape index (κ2) is 5.81. The first-order valence-electron chi connectivity index (χ1n) is 6.56. The SMILES string of the molecule is Cc1ccc(Br)c(-c2cc(N)c(C(=O)OC(C)(C)C)s2)c1. The van der Waals surface area contributed by atoms with Crippen LogP contribution in [0.25, 0.3) is 10.4 Å². The lowest BCUT2D eigenvalue weighted by Crippen LogP contribution is -2.23. The maximum absolute atomic E-state index is 12.2. The fourth-order valence-corrected chi connectivity index (χ4v) is 3.43. The van der Waals surface area contributed by atoms with E-state index < -0.39 is 5.60 Å². The van der Waals surface area contributed by atoms with E-state index in [4.69, 9.17) is 10.5 Å². The molecule has 112 valence electrons. The number of nitrogens with two attached hydrogens (primary N) is 1. The summed E-state index contributed by atoms with van der Waals surface area (Å²) in [6, 6.07) is 7.91. The van der Waals surface area contributed by atoms with Crippen LogP contribution in [0.5, 0.6) is 0 Å². The average molecular weight is 368 g/mol. The lowest BCUT2D eigenvalue weighted by molar-refractivity contribution is 0.00764. The molecule has 0 bridgehead atoms. The van der Waals surface area contributed by atoms with Crippen molar-refractivity contribution in [1.29, 1.82) is 0 Å². The summed E-state index contributed by atoms with van der Waals surface area (Å²) in [6.45, 7) is 7.55. The number of carbonyl (C=O) groups excluding carboxylic acids is 1. The van der Waals surface area contributed by atoms with Crippen molar-refractivity contribution < 1.29 is 9.53 Å². The van der Waals surface area contributed by atoms with Crippen LogP contribution in [0.1, 0.15) is 36.0 Å². The molecule has 2 aromatic rings. The van der Waals surface area contributed by atoms with E-state index in [0.717, 1.165) is 20.5 Å². The summed E-state index contributed by atoms with van der Waals surface area (Å²) < 4.78 is 6.36. The molecule has 21 heavy (non-hydrogen) atoms. The Kier molecular flexibility index (Phi) is 4.44. The van der Waals surface area contributed by atoms with Crippen molar-refractivity contribution in [2.24, 2.45) is 0 Å². The second-order valence-electron chi connectivity index (χ2n) is 5.88. The van der Waals surface area contributed by atoms with Gasteiger partial charge in [-0.1, -0.05) is 27.6 Å². The van der Waals surface area contributed by atoms with Crippen LogP contribution in [0.2, 0.25) is 0 Å². The number of thiophene rings is 1. The van der Waals surface area contributed by atoms with Gasteiger partial charge in [-0.25, -0.2) is 4.79 Å². The molecular weight excluding hydrogens is 350 g/mol. The summed E-state index contributed by atoms with van der Waals surface area (Å²) in [7, 11) is 0. The summed E-state index contributed by atoms with van der Waals surface area (Å²) in [5, 5.41) is 0. The number of anilines is 1. The van der Waals surface area contributed by atoms with Gasteiger partial charge in [0.25, 0.3) is 0 Å². The number of carbonyl (C=O) groups is 1. The Labute approximate surface area is 137 Å². The van der Waals surface area contributed by atoms with Gasteiger partial charge in [-0.3, -0.25) is 0 Å². The number of benzene rings is 1. The van der Waals surface area contributed by atoms with E-state index in [2.05, 4.69) is 22.0 Å². The van der Waals surface area contributed by atoms with Crippen molar-refractivity contribution in [3.05, 3.63) is 39.2 Å². The first-order chi connectivity index (χ1) is 9.67. The van der Waals surface area contributed by atoms with Gasteiger partial charge in [-0.2, -0.15) is 0 Å². The highest BCUT2D eigenvalue weighted by atomic mass is 79.9. The molecule has 0 aliphatic rings. The Hall–Kier alpha value is -1.33. The van der Waals surface area contributed by atoms with E-state index in [-0.39, 0.29) is 5.97 Å². The van der Waals surface area contributed by atoms with Crippen LogP contribution in [0.3, 0.4) is 0 Å². The summed E-state index contributed by atoms with van der Waals surface area (Å²) in [6.07, 6.45) is 0. The lowest BCUT2D eigenvalue weighted by atomic mass is 10.1. The molecule has 0 fully saturated rings. The number of esters is 1. The Bertz CT molecular complexity index is 686. The minimum atomic E-state index is -0.530. The third-order valence-corrected chi connectivity index (χ3v) is 4.59. The minimum absolute atomic E-state index is 0.375. The third kappa shape index (κ3) is 3.86. The zero-order valence-electron chi connectivity index (χ0n) is 12.5. The molecule has 2 rings (SSSR count). The van der Waals surface area contributed by atoms with E-state index in [1.54, 1.807) is 0 Å². The fourth-order valence-electron chi connectivity index (χ4n) is 1.85. The monoisotopic (exact) mass is 367 g/mol. The highest BCUT2D eigenvalue weighted by Crippen LogP contribution is 2.38. The number of hydrogen-bond acceptors (Lipinski definition) is 4. The predicted molar refractivity (Wildman–Crippen MR) is 91.8 cm³/mol. The van der Waals surface area contributed by atoms with Gasteiger partial charge in [-0.05, 0) is 45.9 Å². The van der Waals surface area contributed by atoms with E-state index >= 15 is 0 Å². The Balaban J connectivity index is 2.39. The maximum atomic E-state index is 12.2. The normalized spacial score (nSPS) is 11.5. The first kappa shape index (κ1) is 16.0. The van der Waals surface area contributed by atoms with E-state index in [1.165, 1.54) is 11.3 Å². The Morgan fingerprint density at radius 3 is 2.57 bits per heavy atom. The van der Waals surface area contributed by atoms with E-state index in [1.807, 2.05) is 45.9 Å². The molecule has 0 spiro atoms. The lowest BCUT2D eigenvalue weighted by Gasteiger charge is -2.18. The zero-order chi connectivity index (χ0) is 15.8. The van der Waals surface area contributed by atoms with Crippen LogP contribution in [-0.4, -0.2) is 11.6 Å². The average Bonchev–Trinajstić information content (AvgIpc) is 2.72. The second-order valence-corrected chi connectivity index (χ2v) is 7.79. The van der Waals surface area contributed by atoms with Crippen molar-refractivity contribution in [1.82, 2.24) is 0 Å². The van der Waals surface area contributed by atoms with Crippen LogP contribution in [-0.2, 0) is 4.74 Å². The van der Waals surface area contributed by atoms with Crippen LogP contribution in [0, 0.1) is 6.92 Å². The molecule has 0 unspecified atom stereocenters. The van der Waals surface area contributed by atoms with Gasteiger partial charge < -0.3 is 10.5 Å². The van der Waals surface area contributed by atoms with Crippen molar-refractivity contribution in [2.75, 3.05) is 5.73 Å². The topological polar surface area (TPSA) is 52.3 Å². The fraction of sp³-hybridized carbons (Fsp3) is 0.312. The molecule has 3 nitrogen and oxygen atoms in total. The first-order valence-corrected chi connectivity index (χ1v) is 8.17. The minimum Gasteiger partial charge on any atom is -0.456 e. The Morgan fingerprint density at radius 1 is 1.29 bits per heavy atom.